The Labute approximate surface area is 87.0 Å². The van der Waals surface area contributed by atoms with Crippen molar-refractivity contribution < 1.29 is 9.47 Å². The van der Waals surface area contributed by atoms with Gasteiger partial charge in [-0.05, 0) is 38.5 Å². The van der Waals surface area contributed by atoms with Gasteiger partial charge in [0.25, 0.3) is 0 Å². The number of hydrogen-bond donors (Lipinski definition) is 0. The second-order valence-corrected chi connectivity index (χ2v) is 4.55. The quantitative estimate of drug-likeness (QED) is 0.632. The molecule has 2 rings (SSSR count). The fourth-order valence-electron chi connectivity index (χ4n) is 2.49. The number of hydrogen-bond acceptors (Lipinski definition) is 2. The molecule has 2 aliphatic heterocycles. The molecule has 14 heavy (non-hydrogen) atoms. The van der Waals surface area contributed by atoms with E-state index in [-0.39, 0.29) is 0 Å². The summed E-state index contributed by atoms with van der Waals surface area (Å²) < 4.78 is 11.2. The molecule has 2 atom stereocenters. The van der Waals surface area contributed by atoms with Crippen molar-refractivity contribution in [3.8, 4) is 0 Å². The Kier molecular flexibility index (Phi) is 4.26. The van der Waals surface area contributed by atoms with Crippen LogP contribution in [0.1, 0.15) is 51.4 Å². The van der Waals surface area contributed by atoms with E-state index in [1.165, 1.54) is 51.4 Å². The van der Waals surface area contributed by atoms with Gasteiger partial charge < -0.3 is 9.47 Å². The molecule has 82 valence electrons. The van der Waals surface area contributed by atoms with Crippen LogP contribution in [0.15, 0.2) is 0 Å². The molecule has 2 heterocycles. The lowest BCUT2D eigenvalue weighted by molar-refractivity contribution is 0.0906. The Morgan fingerprint density at radius 2 is 1.29 bits per heavy atom. The molecular weight excluding hydrogens is 176 g/mol. The average Bonchev–Trinajstić information content (AvgIpc) is 2.86. The van der Waals surface area contributed by atoms with Gasteiger partial charge in [0.1, 0.15) is 0 Å². The summed E-state index contributed by atoms with van der Waals surface area (Å²) in [6.07, 6.45) is 11.5. The zero-order chi connectivity index (χ0) is 9.64. The second-order valence-electron chi connectivity index (χ2n) is 4.55. The zero-order valence-corrected chi connectivity index (χ0v) is 9.04. The van der Waals surface area contributed by atoms with E-state index in [0.29, 0.717) is 12.2 Å². The first-order valence-corrected chi connectivity index (χ1v) is 6.18. The first-order chi connectivity index (χ1) is 6.95. The van der Waals surface area contributed by atoms with Gasteiger partial charge in [0.2, 0.25) is 0 Å². The molecule has 0 N–H and O–H groups in total. The lowest BCUT2D eigenvalue weighted by Gasteiger charge is -2.11. The molecule has 2 nitrogen and oxygen atoms in total. The second kappa shape index (κ2) is 5.72. The van der Waals surface area contributed by atoms with Crippen LogP contribution in [-0.2, 0) is 9.47 Å². The van der Waals surface area contributed by atoms with E-state index in [1.807, 2.05) is 0 Å². The van der Waals surface area contributed by atoms with E-state index in [2.05, 4.69) is 0 Å². The molecule has 0 aromatic heterocycles. The maximum Gasteiger partial charge on any atom is 0.0576 e. The smallest absolute Gasteiger partial charge is 0.0576 e. The van der Waals surface area contributed by atoms with E-state index in [0.717, 1.165) is 13.2 Å². The Morgan fingerprint density at radius 3 is 1.64 bits per heavy atom. The van der Waals surface area contributed by atoms with Crippen LogP contribution >= 0.6 is 0 Å². The highest BCUT2D eigenvalue weighted by molar-refractivity contribution is 4.67. The molecule has 2 aliphatic rings. The molecule has 2 saturated heterocycles. The van der Waals surface area contributed by atoms with Gasteiger partial charge in [-0.25, -0.2) is 0 Å². The number of ether oxygens (including phenoxy) is 2. The van der Waals surface area contributed by atoms with Crippen molar-refractivity contribution in [3.63, 3.8) is 0 Å². The van der Waals surface area contributed by atoms with Crippen molar-refractivity contribution in [2.75, 3.05) is 13.2 Å². The topological polar surface area (TPSA) is 18.5 Å². The lowest BCUT2D eigenvalue weighted by atomic mass is 10.0. The first-order valence-electron chi connectivity index (χ1n) is 6.18. The summed E-state index contributed by atoms with van der Waals surface area (Å²) in [5, 5.41) is 0. The van der Waals surface area contributed by atoms with Gasteiger partial charge in [0.15, 0.2) is 0 Å². The number of unbranched alkanes of at least 4 members (excludes halogenated alkanes) is 1. The zero-order valence-electron chi connectivity index (χ0n) is 9.04. The SMILES string of the molecule is C(CCC1CCCO1)CC1CCCO1. The third kappa shape index (κ3) is 3.25. The summed E-state index contributed by atoms with van der Waals surface area (Å²) in [5.41, 5.74) is 0. The van der Waals surface area contributed by atoms with Crippen molar-refractivity contribution in [2.24, 2.45) is 0 Å². The van der Waals surface area contributed by atoms with Crippen LogP contribution in [0.3, 0.4) is 0 Å². The molecule has 0 aromatic rings. The van der Waals surface area contributed by atoms with E-state index in [1.54, 1.807) is 0 Å². The van der Waals surface area contributed by atoms with Crippen molar-refractivity contribution >= 4 is 0 Å². The van der Waals surface area contributed by atoms with E-state index >= 15 is 0 Å². The first kappa shape index (κ1) is 10.4. The largest absolute Gasteiger partial charge is 0.378 e. The van der Waals surface area contributed by atoms with Crippen molar-refractivity contribution in [1.82, 2.24) is 0 Å². The van der Waals surface area contributed by atoms with Crippen molar-refractivity contribution in [1.29, 1.82) is 0 Å². The Hall–Kier alpha value is -0.0800. The normalized spacial score (nSPS) is 32.6. The monoisotopic (exact) mass is 198 g/mol. The maximum absolute atomic E-state index is 5.59. The fraction of sp³-hybridized carbons (Fsp3) is 1.00. The molecule has 0 aliphatic carbocycles. The molecule has 2 heteroatoms. The Balaban J connectivity index is 1.46. The van der Waals surface area contributed by atoms with Crippen LogP contribution in [0, 0.1) is 0 Å². The van der Waals surface area contributed by atoms with Gasteiger partial charge in [-0.15, -0.1) is 0 Å². The third-order valence-corrected chi connectivity index (χ3v) is 3.35. The van der Waals surface area contributed by atoms with Crippen LogP contribution in [-0.4, -0.2) is 25.4 Å². The minimum Gasteiger partial charge on any atom is -0.378 e. The standard InChI is InChI=1S/C12H22O2/c1(5-11-7-3-9-13-11)2-6-12-8-4-10-14-12/h11-12H,1-10H2. The molecule has 0 spiro atoms. The minimum atomic E-state index is 0.583. The van der Waals surface area contributed by atoms with Gasteiger partial charge in [0, 0.05) is 13.2 Å². The molecule has 0 radical (unpaired) electrons. The van der Waals surface area contributed by atoms with Crippen LogP contribution in [0.4, 0.5) is 0 Å². The molecule has 0 saturated carbocycles. The molecule has 0 amide bonds. The van der Waals surface area contributed by atoms with Gasteiger partial charge in [0.05, 0.1) is 12.2 Å². The highest BCUT2D eigenvalue weighted by Crippen LogP contribution is 2.21. The lowest BCUT2D eigenvalue weighted by Crippen LogP contribution is -2.07. The Bertz CT molecular complexity index is 128. The fourth-order valence-corrected chi connectivity index (χ4v) is 2.49. The summed E-state index contributed by atoms with van der Waals surface area (Å²) >= 11 is 0. The van der Waals surface area contributed by atoms with Gasteiger partial charge in [-0.3, -0.25) is 0 Å². The molecule has 2 unspecified atom stereocenters. The molecule has 2 fully saturated rings. The van der Waals surface area contributed by atoms with Crippen LogP contribution in [0.25, 0.3) is 0 Å². The van der Waals surface area contributed by atoms with Crippen molar-refractivity contribution in [3.05, 3.63) is 0 Å². The molecular formula is C12H22O2. The van der Waals surface area contributed by atoms with Crippen LogP contribution in [0.5, 0.6) is 0 Å². The molecule has 0 bridgehead atoms. The highest BCUT2D eigenvalue weighted by atomic mass is 16.5. The Morgan fingerprint density at radius 1 is 0.786 bits per heavy atom. The average molecular weight is 198 g/mol. The summed E-state index contributed by atoms with van der Waals surface area (Å²) in [5.74, 6) is 0. The maximum atomic E-state index is 5.59. The van der Waals surface area contributed by atoms with E-state index < -0.39 is 0 Å². The third-order valence-electron chi connectivity index (χ3n) is 3.35. The van der Waals surface area contributed by atoms with Gasteiger partial charge in [-0.2, -0.15) is 0 Å². The van der Waals surface area contributed by atoms with Crippen LogP contribution in [0.2, 0.25) is 0 Å². The minimum absolute atomic E-state index is 0.583. The van der Waals surface area contributed by atoms with Gasteiger partial charge >= 0.3 is 0 Å². The molecule has 0 aromatic carbocycles. The van der Waals surface area contributed by atoms with Crippen molar-refractivity contribution in [2.45, 2.75) is 63.6 Å². The summed E-state index contributed by atoms with van der Waals surface area (Å²) in [4.78, 5) is 0. The summed E-state index contributed by atoms with van der Waals surface area (Å²) in [6.45, 7) is 1.99. The van der Waals surface area contributed by atoms with Gasteiger partial charge in [-0.1, -0.05) is 12.8 Å². The number of rotatable bonds is 5. The predicted molar refractivity (Wildman–Crippen MR) is 56.4 cm³/mol. The predicted octanol–water partition coefficient (Wildman–Crippen LogP) is 2.90. The highest BCUT2D eigenvalue weighted by Gasteiger charge is 2.17. The van der Waals surface area contributed by atoms with Crippen LogP contribution < -0.4 is 0 Å². The summed E-state index contributed by atoms with van der Waals surface area (Å²) in [6, 6.07) is 0. The van der Waals surface area contributed by atoms with E-state index in [4.69, 9.17) is 9.47 Å². The summed E-state index contributed by atoms with van der Waals surface area (Å²) in [7, 11) is 0. The van der Waals surface area contributed by atoms with E-state index in [9.17, 15) is 0 Å².